The molecule has 2 aliphatic rings. The first-order valence-electron chi connectivity index (χ1n) is 8.66. The van der Waals surface area contributed by atoms with Gasteiger partial charge in [0.1, 0.15) is 0 Å². The molecule has 2 fully saturated rings. The minimum Gasteiger partial charge on any atom is -0.336 e. The Bertz CT molecular complexity index is 490. The van der Waals surface area contributed by atoms with E-state index in [1.165, 1.54) is 18.4 Å². The Morgan fingerprint density at radius 3 is 2.83 bits per heavy atom. The highest BCUT2D eigenvalue weighted by Gasteiger charge is 2.31. The molecule has 3 unspecified atom stereocenters. The molecule has 0 radical (unpaired) electrons. The van der Waals surface area contributed by atoms with Crippen LogP contribution in [0.2, 0.25) is 0 Å². The molecular formula is C18H28ClN3O. The minimum atomic E-state index is 0. The third-order valence-electron chi connectivity index (χ3n) is 5.30. The quantitative estimate of drug-likeness (QED) is 0.917. The van der Waals surface area contributed by atoms with Crippen molar-refractivity contribution in [3.63, 3.8) is 0 Å². The number of piperidine rings is 1. The van der Waals surface area contributed by atoms with Gasteiger partial charge in [-0.05, 0) is 68.3 Å². The molecule has 1 amide bonds. The van der Waals surface area contributed by atoms with Crippen LogP contribution in [0, 0.1) is 11.8 Å². The van der Waals surface area contributed by atoms with Crippen LogP contribution in [-0.4, -0.2) is 35.4 Å². The zero-order chi connectivity index (χ0) is 15.4. The average molecular weight is 338 g/mol. The second-order valence-corrected chi connectivity index (χ2v) is 6.81. The highest BCUT2D eigenvalue weighted by Crippen LogP contribution is 2.33. The monoisotopic (exact) mass is 337 g/mol. The Labute approximate surface area is 145 Å². The fourth-order valence-corrected chi connectivity index (χ4v) is 3.92. The lowest BCUT2D eigenvalue weighted by Crippen LogP contribution is -2.37. The van der Waals surface area contributed by atoms with E-state index in [9.17, 15) is 4.79 Å². The summed E-state index contributed by atoms with van der Waals surface area (Å²) >= 11 is 0. The first kappa shape index (κ1) is 18.2. The van der Waals surface area contributed by atoms with Crippen molar-refractivity contribution in [2.75, 3.05) is 19.6 Å². The van der Waals surface area contributed by atoms with Crippen molar-refractivity contribution >= 4 is 18.3 Å². The highest BCUT2D eigenvalue weighted by atomic mass is 35.5. The fraction of sp³-hybridized carbons (Fsp3) is 0.667. The molecular weight excluding hydrogens is 310 g/mol. The Hall–Kier alpha value is -1.13. The molecule has 3 atom stereocenters. The van der Waals surface area contributed by atoms with E-state index in [1.54, 1.807) is 0 Å². The lowest BCUT2D eigenvalue weighted by atomic mass is 9.85. The van der Waals surface area contributed by atoms with Crippen LogP contribution in [0.1, 0.15) is 50.6 Å². The van der Waals surface area contributed by atoms with Gasteiger partial charge in [0, 0.05) is 25.4 Å². The summed E-state index contributed by atoms with van der Waals surface area (Å²) in [6.45, 7) is 5.35. The van der Waals surface area contributed by atoms with E-state index in [-0.39, 0.29) is 18.4 Å². The van der Waals surface area contributed by atoms with E-state index in [4.69, 9.17) is 0 Å². The molecule has 2 aliphatic heterocycles. The van der Waals surface area contributed by atoms with Crippen LogP contribution in [0.15, 0.2) is 24.5 Å². The largest absolute Gasteiger partial charge is 0.336 e. The molecule has 5 heteroatoms. The molecule has 0 aromatic carbocycles. The van der Waals surface area contributed by atoms with Gasteiger partial charge in [-0.15, -0.1) is 12.4 Å². The van der Waals surface area contributed by atoms with Gasteiger partial charge in [0.2, 0.25) is 5.91 Å². The Balaban J connectivity index is 0.00000192. The molecule has 128 valence electrons. The number of amides is 1. The highest BCUT2D eigenvalue weighted by molar-refractivity contribution is 5.85. The predicted octanol–water partition coefficient (Wildman–Crippen LogP) is 3.19. The van der Waals surface area contributed by atoms with Gasteiger partial charge in [-0.1, -0.05) is 6.92 Å². The summed E-state index contributed by atoms with van der Waals surface area (Å²) in [6, 6.07) is 4.35. The summed E-state index contributed by atoms with van der Waals surface area (Å²) in [7, 11) is 0. The molecule has 3 heterocycles. The molecule has 0 spiro atoms. The molecule has 4 nitrogen and oxygen atoms in total. The van der Waals surface area contributed by atoms with Crippen molar-refractivity contribution in [3.8, 4) is 0 Å². The van der Waals surface area contributed by atoms with Crippen molar-refractivity contribution in [2.45, 2.75) is 45.1 Å². The maximum atomic E-state index is 12.8. The van der Waals surface area contributed by atoms with Gasteiger partial charge in [-0.3, -0.25) is 9.78 Å². The number of hydrogen-bond acceptors (Lipinski definition) is 3. The lowest BCUT2D eigenvalue weighted by molar-refractivity contribution is -0.133. The van der Waals surface area contributed by atoms with Crippen molar-refractivity contribution < 1.29 is 4.79 Å². The number of halogens is 1. The van der Waals surface area contributed by atoms with Gasteiger partial charge < -0.3 is 10.2 Å². The number of hydrogen-bond donors (Lipinski definition) is 1. The molecule has 23 heavy (non-hydrogen) atoms. The van der Waals surface area contributed by atoms with E-state index in [1.807, 2.05) is 24.5 Å². The standard InChI is InChI=1S/C18H27N3O.ClH/c1-14(16-4-2-8-20-13-16)12-18(22)21-11-3-5-17(21)15-6-9-19-10-7-15;/h6-7,9-10,14,16-17,20H,2-5,8,11-13H2,1H3;1H. The summed E-state index contributed by atoms with van der Waals surface area (Å²) in [5.74, 6) is 1.45. The van der Waals surface area contributed by atoms with Gasteiger partial charge in [0.15, 0.2) is 0 Å². The van der Waals surface area contributed by atoms with E-state index in [2.05, 4.69) is 22.1 Å². The predicted molar refractivity (Wildman–Crippen MR) is 94.5 cm³/mol. The molecule has 1 aromatic rings. The molecule has 0 bridgehead atoms. The first-order chi connectivity index (χ1) is 10.8. The summed E-state index contributed by atoms with van der Waals surface area (Å²) in [5, 5.41) is 3.46. The van der Waals surface area contributed by atoms with Crippen LogP contribution in [0.3, 0.4) is 0 Å². The smallest absolute Gasteiger partial charge is 0.223 e. The third-order valence-corrected chi connectivity index (χ3v) is 5.30. The van der Waals surface area contributed by atoms with E-state index in [0.717, 1.165) is 32.5 Å². The van der Waals surface area contributed by atoms with Gasteiger partial charge in [0.25, 0.3) is 0 Å². The van der Waals surface area contributed by atoms with Crippen molar-refractivity contribution in [1.29, 1.82) is 0 Å². The van der Waals surface area contributed by atoms with Gasteiger partial charge >= 0.3 is 0 Å². The van der Waals surface area contributed by atoms with Crippen LogP contribution in [0.5, 0.6) is 0 Å². The third kappa shape index (κ3) is 4.45. The number of rotatable bonds is 4. The first-order valence-corrected chi connectivity index (χ1v) is 8.66. The van der Waals surface area contributed by atoms with E-state index in [0.29, 0.717) is 24.2 Å². The van der Waals surface area contributed by atoms with E-state index >= 15 is 0 Å². The summed E-state index contributed by atoms with van der Waals surface area (Å²) in [4.78, 5) is 19.0. The number of nitrogens with zero attached hydrogens (tertiary/aromatic N) is 2. The van der Waals surface area contributed by atoms with Crippen LogP contribution in [0.25, 0.3) is 0 Å². The van der Waals surface area contributed by atoms with Gasteiger partial charge in [-0.25, -0.2) is 0 Å². The number of aromatic nitrogens is 1. The number of carbonyl (C=O) groups is 1. The summed E-state index contributed by atoms with van der Waals surface area (Å²) in [5.41, 5.74) is 1.23. The summed E-state index contributed by atoms with van der Waals surface area (Å²) in [6.07, 6.45) is 9.03. The number of carbonyl (C=O) groups excluding carboxylic acids is 1. The normalized spacial score (nSPS) is 25.7. The SMILES string of the molecule is CC(CC(=O)N1CCCC1c1ccncc1)C1CCCNC1.Cl. The Morgan fingerprint density at radius 2 is 2.13 bits per heavy atom. The topological polar surface area (TPSA) is 45.2 Å². The molecule has 3 rings (SSSR count). The maximum absolute atomic E-state index is 12.8. The maximum Gasteiger partial charge on any atom is 0.223 e. The zero-order valence-corrected chi connectivity index (χ0v) is 14.7. The van der Waals surface area contributed by atoms with Crippen molar-refractivity contribution in [2.24, 2.45) is 11.8 Å². The van der Waals surface area contributed by atoms with Crippen molar-refractivity contribution in [1.82, 2.24) is 15.2 Å². The summed E-state index contributed by atoms with van der Waals surface area (Å²) < 4.78 is 0. The number of nitrogens with one attached hydrogen (secondary N) is 1. The average Bonchev–Trinajstić information content (AvgIpc) is 3.06. The van der Waals surface area contributed by atoms with Gasteiger partial charge in [0.05, 0.1) is 6.04 Å². The lowest BCUT2D eigenvalue weighted by Gasteiger charge is -2.31. The fourth-order valence-electron chi connectivity index (χ4n) is 3.92. The minimum absolute atomic E-state index is 0. The Morgan fingerprint density at radius 1 is 1.35 bits per heavy atom. The number of likely N-dealkylation sites (tertiary alicyclic amines) is 1. The molecule has 0 saturated carbocycles. The van der Waals surface area contributed by atoms with Crippen LogP contribution < -0.4 is 5.32 Å². The van der Waals surface area contributed by atoms with Crippen LogP contribution >= 0.6 is 12.4 Å². The van der Waals surface area contributed by atoms with E-state index < -0.39 is 0 Å². The Kier molecular flexibility index (Phi) is 6.85. The molecule has 1 N–H and O–H groups in total. The second-order valence-electron chi connectivity index (χ2n) is 6.81. The molecule has 1 aromatic heterocycles. The van der Waals surface area contributed by atoms with Crippen molar-refractivity contribution in [3.05, 3.63) is 30.1 Å². The van der Waals surface area contributed by atoms with Crippen LogP contribution in [-0.2, 0) is 4.79 Å². The zero-order valence-electron chi connectivity index (χ0n) is 13.9. The number of pyridine rings is 1. The molecule has 0 aliphatic carbocycles. The molecule has 2 saturated heterocycles. The van der Waals surface area contributed by atoms with Crippen LogP contribution in [0.4, 0.5) is 0 Å². The second kappa shape index (κ2) is 8.65. The van der Waals surface area contributed by atoms with Gasteiger partial charge in [-0.2, -0.15) is 0 Å².